The molecule has 2 aromatic carbocycles. The van der Waals surface area contributed by atoms with Crippen molar-refractivity contribution in [3.8, 4) is 11.5 Å². The van der Waals surface area contributed by atoms with Crippen LogP contribution in [0.3, 0.4) is 0 Å². The molecule has 4 heteroatoms. The lowest BCUT2D eigenvalue weighted by Gasteiger charge is -2.14. The predicted octanol–water partition coefficient (Wildman–Crippen LogP) is 10.8. The van der Waals surface area contributed by atoms with E-state index in [1.54, 1.807) is 6.08 Å². The molecule has 0 spiro atoms. The Morgan fingerprint density at radius 1 is 0.744 bits per heavy atom. The van der Waals surface area contributed by atoms with Crippen LogP contribution in [0.25, 0.3) is 6.08 Å². The van der Waals surface area contributed by atoms with E-state index in [2.05, 4.69) is 27.7 Å². The van der Waals surface area contributed by atoms with Crippen molar-refractivity contribution in [1.29, 1.82) is 0 Å². The summed E-state index contributed by atoms with van der Waals surface area (Å²) >= 11 is 1.83. The SMILES string of the molecule is CCCCCCCCOc1ccc(/C=C/C(=O)c2ccc(SCC(C)C)cc2)cc1OCCCCCCCC. The first-order chi connectivity index (χ1) is 19.0. The molecular weight excluding hydrogens is 500 g/mol. The Hall–Kier alpha value is -2.20. The summed E-state index contributed by atoms with van der Waals surface area (Å²) < 4.78 is 12.3. The highest BCUT2D eigenvalue weighted by molar-refractivity contribution is 7.99. The zero-order chi connectivity index (χ0) is 28.1. The molecule has 0 aliphatic rings. The van der Waals surface area contributed by atoms with Crippen molar-refractivity contribution in [3.63, 3.8) is 0 Å². The molecule has 0 saturated carbocycles. The van der Waals surface area contributed by atoms with Crippen LogP contribution in [0.1, 0.15) is 121 Å². The summed E-state index contributed by atoms with van der Waals surface area (Å²) in [6.07, 6.45) is 18.3. The fourth-order valence-corrected chi connectivity index (χ4v) is 5.09. The first-order valence-corrected chi connectivity index (χ1v) is 16.4. The van der Waals surface area contributed by atoms with E-state index in [1.807, 2.05) is 60.3 Å². The topological polar surface area (TPSA) is 35.5 Å². The third kappa shape index (κ3) is 14.7. The van der Waals surface area contributed by atoms with Crippen molar-refractivity contribution in [2.24, 2.45) is 5.92 Å². The number of carbonyl (C=O) groups excluding carboxylic acids is 1. The lowest BCUT2D eigenvalue weighted by Crippen LogP contribution is -2.03. The van der Waals surface area contributed by atoms with E-state index in [9.17, 15) is 4.79 Å². The number of allylic oxidation sites excluding steroid dienone is 1. The van der Waals surface area contributed by atoms with E-state index in [1.165, 1.54) is 69.1 Å². The molecule has 0 aliphatic heterocycles. The van der Waals surface area contributed by atoms with Crippen LogP contribution in [0.4, 0.5) is 0 Å². The fraction of sp³-hybridized carbons (Fsp3) is 0.571. The number of carbonyl (C=O) groups is 1. The van der Waals surface area contributed by atoms with Crippen molar-refractivity contribution in [1.82, 2.24) is 0 Å². The quantitative estimate of drug-likeness (QED) is 0.0630. The van der Waals surface area contributed by atoms with Gasteiger partial charge in [0.05, 0.1) is 13.2 Å². The molecule has 216 valence electrons. The lowest BCUT2D eigenvalue weighted by molar-refractivity contribution is 0.104. The summed E-state index contributed by atoms with van der Waals surface area (Å²) in [5.41, 5.74) is 1.65. The molecule has 39 heavy (non-hydrogen) atoms. The molecule has 0 atom stereocenters. The second kappa shape index (κ2) is 20.7. The standard InChI is InChI=1S/C35H52O3S/c1-5-7-9-11-13-15-25-37-34-24-18-30(27-35(34)38-26-16-14-12-10-8-6-2)17-23-33(36)31-19-21-32(22-20-31)39-28-29(3)4/h17-24,27,29H,5-16,25-26,28H2,1-4H3/b23-17+. The van der Waals surface area contributed by atoms with Gasteiger partial charge >= 0.3 is 0 Å². The van der Waals surface area contributed by atoms with Crippen LogP contribution in [0.15, 0.2) is 53.4 Å². The first kappa shape index (κ1) is 33.0. The van der Waals surface area contributed by atoms with Gasteiger partial charge in [-0.1, -0.05) is 104 Å². The summed E-state index contributed by atoms with van der Waals surface area (Å²) in [6.45, 7) is 10.3. The summed E-state index contributed by atoms with van der Waals surface area (Å²) in [5.74, 6) is 3.30. The average Bonchev–Trinajstić information content (AvgIpc) is 2.94. The molecule has 0 unspecified atom stereocenters. The Kier molecular flexibility index (Phi) is 17.5. The monoisotopic (exact) mass is 552 g/mol. The highest BCUT2D eigenvalue weighted by Gasteiger charge is 2.08. The van der Waals surface area contributed by atoms with E-state index in [0.717, 1.165) is 35.7 Å². The normalized spacial score (nSPS) is 11.4. The Balaban J connectivity index is 1.96. The molecule has 0 amide bonds. The van der Waals surface area contributed by atoms with Crippen LogP contribution < -0.4 is 9.47 Å². The number of hydrogen-bond donors (Lipinski definition) is 0. The van der Waals surface area contributed by atoms with Gasteiger partial charge in [-0.05, 0) is 66.8 Å². The van der Waals surface area contributed by atoms with Crippen molar-refractivity contribution >= 4 is 23.6 Å². The Morgan fingerprint density at radius 3 is 1.90 bits per heavy atom. The number of unbranched alkanes of at least 4 members (excludes halogenated alkanes) is 10. The van der Waals surface area contributed by atoms with Gasteiger partial charge in [0.2, 0.25) is 0 Å². The first-order valence-electron chi connectivity index (χ1n) is 15.4. The van der Waals surface area contributed by atoms with Crippen LogP contribution in [-0.2, 0) is 0 Å². The molecule has 3 nitrogen and oxygen atoms in total. The number of ketones is 1. The molecule has 0 aliphatic carbocycles. The van der Waals surface area contributed by atoms with E-state index < -0.39 is 0 Å². The van der Waals surface area contributed by atoms with Gasteiger partial charge in [-0.2, -0.15) is 0 Å². The zero-order valence-corrected chi connectivity index (χ0v) is 25.8. The van der Waals surface area contributed by atoms with Gasteiger partial charge in [0.15, 0.2) is 17.3 Å². The van der Waals surface area contributed by atoms with Crippen LogP contribution in [0.5, 0.6) is 11.5 Å². The summed E-state index contributed by atoms with van der Waals surface area (Å²) in [5, 5.41) is 0. The van der Waals surface area contributed by atoms with Gasteiger partial charge in [0.1, 0.15) is 0 Å². The number of ether oxygens (including phenoxy) is 2. The molecule has 0 N–H and O–H groups in total. The highest BCUT2D eigenvalue weighted by Crippen LogP contribution is 2.30. The van der Waals surface area contributed by atoms with Crippen molar-refractivity contribution in [2.75, 3.05) is 19.0 Å². The number of benzene rings is 2. The van der Waals surface area contributed by atoms with Crippen molar-refractivity contribution < 1.29 is 14.3 Å². The van der Waals surface area contributed by atoms with E-state index in [0.29, 0.717) is 24.7 Å². The maximum atomic E-state index is 12.8. The largest absolute Gasteiger partial charge is 0.490 e. The van der Waals surface area contributed by atoms with Gasteiger partial charge in [-0.3, -0.25) is 4.79 Å². The second-order valence-corrected chi connectivity index (χ2v) is 12.0. The van der Waals surface area contributed by atoms with Crippen molar-refractivity contribution in [3.05, 3.63) is 59.7 Å². The smallest absolute Gasteiger partial charge is 0.185 e. The minimum absolute atomic E-state index is 0.00774. The maximum absolute atomic E-state index is 12.8. The maximum Gasteiger partial charge on any atom is 0.185 e. The molecule has 2 aromatic rings. The minimum Gasteiger partial charge on any atom is -0.490 e. The fourth-order valence-electron chi connectivity index (χ4n) is 4.24. The third-order valence-electron chi connectivity index (χ3n) is 6.63. The number of rotatable bonds is 22. The molecule has 0 heterocycles. The molecule has 0 bridgehead atoms. The molecule has 0 aromatic heterocycles. The lowest BCUT2D eigenvalue weighted by atomic mass is 10.1. The van der Waals surface area contributed by atoms with Crippen LogP contribution in [0, 0.1) is 5.92 Å². The van der Waals surface area contributed by atoms with Crippen molar-refractivity contribution in [2.45, 2.75) is 110 Å². The minimum atomic E-state index is 0.00774. The van der Waals surface area contributed by atoms with Gasteiger partial charge < -0.3 is 9.47 Å². The third-order valence-corrected chi connectivity index (χ3v) is 8.07. The number of thioether (sulfide) groups is 1. The number of hydrogen-bond acceptors (Lipinski definition) is 4. The molecule has 2 rings (SSSR count). The molecule has 0 radical (unpaired) electrons. The summed E-state index contributed by atoms with van der Waals surface area (Å²) in [6, 6.07) is 13.9. The van der Waals surface area contributed by atoms with Gasteiger partial charge in [-0.15, -0.1) is 11.8 Å². The predicted molar refractivity (Wildman–Crippen MR) is 170 cm³/mol. The van der Waals surface area contributed by atoms with E-state index >= 15 is 0 Å². The Bertz CT molecular complexity index is 949. The van der Waals surface area contributed by atoms with Crippen LogP contribution in [0.2, 0.25) is 0 Å². The molecule has 0 fully saturated rings. The van der Waals surface area contributed by atoms with Gasteiger partial charge in [0, 0.05) is 16.2 Å². The molecule has 0 saturated heterocycles. The second-order valence-electron chi connectivity index (χ2n) is 10.9. The van der Waals surface area contributed by atoms with E-state index in [-0.39, 0.29) is 5.78 Å². The summed E-state index contributed by atoms with van der Waals surface area (Å²) in [4.78, 5) is 14.0. The zero-order valence-electron chi connectivity index (χ0n) is 25.0. The Morgan fingerprint density at radius 2 is 1.31 bits per heavy atom. The average molecular weight is 553 g/mol. The van der Waals surface area contributed by atoms with Gasteiger partial charge in [0.25, 0.3) is 0 Å². The van der Waals surface area contributed by atoms with Gasteiger partial charge in [-0.25, -0.2) is 0 Å². The summed E-state index contributed by atoms with van der Waals surface area (Å²) in [7, 11) is 0. The van der Waals surface area contributed by atoms with Crippen LogP contribution in [-0.4, -0.2) is 24.7 Å². The van der Waals surface area contributed by atoms with Crippen LogP contribution >= 0.6 is 11.8 Å². The molecular formula is C35H52O3S. The highest BCUT2D eigenvalue weighted by atomic mass is 32.2. The van der Waals surface area contributed by atoms with E-state index in [4.69, 9.17) is 9.47 Å². The Labute approximate surface area is 243 Å².